The molecule has 0 bridgehead atoms. The van der Waals surface area contributed by atoms with Crippen LogP contribution in [-0.2, 0) is 14.3 Å². The van der Waals surface area contributed by atoms with Gasteiger partial charge in [0, 0.05) is 6.42 Å². The number of rotatable bonds is 0. The fourth-order valence-corrected chi connectivity index (χ4v) is 1.99. The molecule has 1 atom stereocenters. The van der Waals surface area contributed by atoms with E-state index in [-0.39, 0.29) is 12.0 Å². The molecule has 0 spiro atoms. The summed E-state index contributed by atoms with van der Waals surface area (Å²) in [7, 11) is 0. The van der Waals surface area contributed by atoms with Gasteiger partial charge in [-0.25, -0.2) is 0 Å². The lowest BCUT2D eigenvalue weighted by Crippen LogP contribution is -2.52. The Morgan fingerprint density at radius 1 is 1.38 bits per heavy atom. The van der Waals surface area contributed by atoms with Crippen LogP contribution in [0.3, 0.4) is 0 Å². The molecule has 0 amide bonds. The van der Waals surface area contributed by atoms with E-state index in [1.165, 1.54) is 0 Å². The van der Waals surface area contributed by atoms with Crippen LogP contribution >= 0.6 is 0 Å². The molecule has 1 aliphatic heterocycles. The minimum absolute atomic E-state index is 0.00975. The van der Waals surface area contributed by atoms with Gasteiger partial charge in [0.2, 0.25) is 11.6 Å². The van der Waals surface area contributed by atoms with Gasteiger partial charge >= 0.3 is 0 Å². The van der Waals surface area contributed by atoms with E-state index in [1.54, 1.807) is 13.8 Å². The van der Waals surface area contributed by atoms with Crippen LogP contribution in [0.4, 0.5) is 0 Å². The van der Waals surface area contributed by atoms with E-state index >= 15 is 0 Å². The molecule has 1 heterocycles. The zero-order chi connectivity index (χ0) is 12.1. The standard InChI is InChI=1S/C11H12O5/c1-10(2)5-7(13)8-9(14)6(12)3-4-11(8,15)16-10/h3-4,14-15H,5H2,1-2H3. The number of hydrogen-bond acceptors (Lipinski definition) is 5. The topological polar surface area (TPSA) is 83.8 Å². The number of aliphatic hydroxyl groups is 2. The Labute approximate surface area is 92.0 Å². The van der Waals surface area contributed by atoms with Gasteiger partial charge < -0.3 is 14.9 Å². The van der Waals surface area contributed by atoms with Crippen LogP contribution in [0, 0.1) is 0 Å². The Balaban J connectivity index is 2.56. The van der Waals surface area contributed by atoms with Crippen molar-refractivity contribution >= 4 is 11.6 Å². The summed E-state index contributed by atoms with van der Waals surface area (Å²) < 4.78 is 5.33. The summed E-state index contributed by atoms with van der Waals surface area (Å²) in [6.07, 6.45) is 2.09. The molecule has 0 aromatic carbocycles. The SMILES string of the molecule is CC1(C)CC(=O)C2=C(O)C(=O)C=CC2(O)O1. The van der Waals surface area contributed by atoms with Crippen LogP contribution in [0.25, 0.3) is 0 Å². The largest absolute Gasteiger partial charge is 0.504 e. The second kappa shape index (κ2) is 3.02. The van der Waals surface area contributed by atoms with Crippen molar-refractivity contribution in [3.05, 3.63) is 23.5 Å². The summed E-state index contributed by atoms with van der Waals surface area (Å²) in [5, 5.41) is 19.6. The van der Waals surface area contributed by atoms with Crippen LogP contribution in [0.1, 0.15) is 20.3 Å². The Hall–Kier alpha value is -1.46. The van der Waals surface area contributed by atoms with Crippen molar-refractivity contribution in [2.24, 2.45) is 0 Å². The molecule has 1 unspecified atom stereocenters. The number of Topliss-reactive ketones (excluding diaryl/α,β-unsaturated/α-hetero) is 1. The van der Waals surface area contributed by atoms with Gasteiger partial charge in [-0.05, 0) is 26.0 Å². The number of ketones is 2. The average Bonchev–Trinajstić information content (AvgIpc) is 2.08. The average molecular weight is 224 g/mol. The van der Waals surface area contributed by atoms with E-state index < -0.39 is 28.7 Å². The lowest BCUT2D eigenvalue weighted by Gasteiger charge is -2.41. The van der Waals surface area contributed by atoms with Crippen molar-refractivity contribution in [3.63, 3.8) is 0 Å². The van der Waals surface area contributed by atoms with Crippen LogP contribution in [0.5, 0.6) is 0 Å². The number of aliphatic hydroxyl groups excluding tert-OH is 1. The maximum absolute atomic E-state index is 11.8. The number of carbonyl (C=O) groups excluding carboxylic acids is 2. The third kappa shape index (κ3) is 1.48. The highest BCUT2D eigenvalue weighted by molar-refractivity contribution is 6.12. The zero-order valence-electron chi connectivity index (χ0n) is 8.98. The van der Waals surface area contributed by atoms with Gasteiger partial charge in [0.15, 0.2) is 11.5 Å². The number of fused-ring (bicyclic) bond motifs is 1. The minimum Gasteiger partial charge on any atom is -0.504 e. The number of ether oxygens (including phenoxy) is 1. The quantitative estimate of drug-likeness (QED) is 0.622. The van der Waals surface area contributed by atoms with Gasteiger partial charge in [-0.1, -0.05) is 0 Å². The lowest BCUT2D eigenvalue weighted by atomic mass is 9.84. The highest BCUT2D eigenvalue weighted by Crippen LogP contribution is 2.39. The Bertz CT molecular complexity index is 443. The van der Waals surface area contributed by atoms with E-state index in [4.69, 9.17) is 4.74 Å². The summed E-state index contributed by atoms with van der Waals surface area (Å²) in [4.78, 5) is 22.9. The van der Waals surface area contributed by atoms with E-state index in [0.717, 1.165) is 12.2 Å². The summed E-state index contributed by atoms with van der Waals surface area (Å²) in [5.74, 6) is -3.90. The summed E-state index contributed by atoms with van der Waals surface area (Å²) in [6.45, 7) is 3.31. The zero-order valence-corrected chi connectivity index (χ0v) is 8.98. The molecule has 1 saturated heterocycles. The number of allylic oxidation sites excluding steroid dienone is 1. The smallest absolute Gasteiger partial charge is 0.220 e. The highest BCUT2D eigenvalue weighted by Gasteiger charge is 2.50. The second-order valence-electron chi connectivity index (χ2n) is 4.58. The maximum atomic E-state index is 11.8. The van der Waals surface area contributed by atoms with E-state index in [2.05, 4.69) is 0 Å². The van der Waals surface area contributed by atoms with Crippen molar-refractivity contribution in [1.29, 1.82) is 0 Å². The fourth-order valence-electron chi connectivity index (χ4n) is 1.99. The molecule has 2 rings (SSSR count). The molecule has 16 heavy (non-hydrogen) atoms. The third-order valence-electron chi connectivity index (χ3n) is 2.59. The van der Waals surface area contributed by atoms with E-state index in [1.807, 2.05) is 0 Å². The first-order valence-corrected chi connectivity index (χ1v) is 4.88. The first kappa shape index (κ1) is 11.0. The van der Waals surface area contributed by atoms with E-state index in [9.17, 15) is 19.8 Å². The molecular weight excluding hydrogens is 212 g/mol. The van der Waals surface area contributed by atoms with Crippen molar-refractivity contribution in [1.82, 2.24) is 0 Å². The minimum atomic E-state index is -1.99. The molecule has 2 aliphatic rings. The maximum Gasteiger partial charge on any atom is 0.220 e. The first-order valence-electron chi connectivity index (χ1n) is 4.88. The molecule has 1 aliphatic carbocycles. The normalized spacial score (nSPS) is 32.9. The molecular formula is C11H12O5. The highest BCUT2D eigenvalue weighted by atomic mass is 16.6. The number of hydrogen-bond donors (Lipinski definition) is 2. The summed E-state index contributed by atoms with van der Waals surface area (Å²) in [6, 6.07) is 0. The van der Waals surface area contributed by atoms with Gasteiger partial charge in [-0.3, -0.25) is 9.59 Å². The molecule has 5 nitrogen and oxygen atoms in total. The number of carbonyl (C=O) groups is 2. The second-order valence-corrected chi connectivity index (χ2v) is 4.58. The van der Waals surface area contributed by atoms with Gasteiger partial charge in [0.25, 0.3) is 0 Å². The predicted molar refractivity (Wildman–Crippen MR) is 53.5 cm³/mol. The van der Waals surface area contributed by atoms with Crippen molar-refractivity contribution < 1.29 is 24.5 Å². The van der Waals surface area contributed by atoms with Crippen LogP contribution in [0.2, 0.25) is 0 Å². The summed E-state index contributed by atoms with van der Waals surface area (Å²) in [5.41, 5.74) is -1.19. The molecule has 5 heteroatoms. The molecule has 0 aromatic heterocycles. The van der Waals surface area contributed by atoms with E-state index in [0.29, 0.717) is 0 Å². The van der Waals surface area contributed by atoms with Crippen molar-refractivity contribution in [3.8, 4) is 0 Å². The Kier molecular flexibility index (Phi) is 2.09. The molecule has 0 saturated carbocycles. The van der Waals surface area contributed by atoms with Crippen molar-refractivity contribution in [2.75, 3.05) is 0 Å². The van der Waals surface area contributed by atoms with Gasteiger partial charge in [0.1, 0.15) is 5.57 Å². The molecule has 86 valence electrons. The van der Waals surface area contributed by atoms with Gasteiger partial charge in [-0.2, -0.15) is 0 Å². The van der Waals surface area contributed by atoms with Crippen LogP contribution < -0.4 is 0 Å². The van der Waals surface area contributed by atoms with Gasteiger partial charge in [-0.15, -0.1) is 0 Å². The Morgan fingerprint density at radius 2 is 2.00 bits per heavy atom. The Morgan fingerprint density at radius 3 is 2.62 bits per heavy atom. The lowest BCUT2D eigenvalue weighted by molar-refractivity contribution is -0.221. The predicted octanol–water partition coefficient (Wildman–Crippen LogP) is 0.394. The molecule has 1 fully saturated rings. The van der Waals surface area contributed by atoms with Crippen LogP contribution in [-0.4, -0.2) is 33.2 Å². The molecule has 0 aromatic rings. The molecule has 0 radical (unpaired) electrons. The first-order chi connectivity index (χ1) is 7.25. The van der Waals surface area contributed by atoms with Crippen molar-refractivity contribution in [2.45, 2.75) is 31.7 Å². The van der Waals surface area contributed by atoms with Crippen LogP contribution in [0.15, 0.2) is 23.5 Å². The third-order valence-corrected chi connectivity index (χ3v) is 2.59. The monoisotopic (exact) mass is 224 g/mol. The fraction of sp³-hybridized carbons (Fsp3) is 0.455. The molecule has 2 N–H and O–H groups in total. The summed E-state index contributed by atoms with van der Waals surface area (Å²) >= 11 is 0. The van der Waals surface area contributed by atoms with Gasteiger partial charge in [0.05, 0.1) is 5.60 Å².